The smallest absolute Gasteiger partial charge is 0.358 e. The van der Waals surface area contributed by atoms with Gasteiger partial charge in [-0.2, -0.15) is 0 Å². The molecule has 0 radical (unpaired) electrons. The molecule has 0 saturated heterocycles. The van der Waals surface area contributed by atoms with E-state index in [0.717, 1.165) is 16.8 Å². The van der Waals surface area contributed by atoms with Crippen molar-refractivity contribution in [1.82, 2.24) is 9.55 Å². The zero-order chi connectivity index (χ0) is 15.5. The highest BCUT2D eigenvalue weighted by Gasteiger charge is 2.16. The number of hydrogen-bond donors (Lipinski definition) is 0. The second kappa shape index (κ2) is 5.85. The maximum atomic E-state index is 11.8. The Hall–Kier alpha value is -2.88. The Morgan fingerprint density at radius 1 is 1.09 bits per heavy atom. The first-order valence-electron chi connectivity index (χ1n) is 6.99. The van der Waals surface area contributed by atoms with Crippen LogP contribution in [0.25, 0.3) is 17.1 Å². The minimum absolute atomic E-state index is 0.294. The third kappa shape index (κ3) is 2.63. The van der Waals surface area contributed by atoms with Gasteiger partial charge < -0.3 is 4.74 Å². The quantitative estimate of drug-likeness (QED) is 0.692. The van der Waals surface area contributed by atoms with Crippen LogP contribution in [0.4, 0.5) is 0 Å². The van der Waals surface area contributed by atoms with Gasteiger partial charge in [0, 0.05) is 17.4 Å². The van der Waals surface area contributed by atoms with E-state index < -0.39 is 5.97 Å². The van der Waals surface area contributed by atoms with Crippen molar-refractivity contribution >= 4 is 5.97 Å². The fraction of sp³-hybridized carbons (Fsp3) is 0.111. The first kappa shape index (κ1) is 14.1. The van der Waals surface area contributed by atoms with Crippen molar-refractivity contribution in [2.24, 2.45) is 0 Å². The number of imidazole rings is 1. The molecular weight excluding hydrogens is 276 g/mol. The molecule has 0 aliphatic carbocycles. The molecule has 0 amide bonds. The van der Waals surface area contributed by atoms with E-state index in [1.165, 1.54) is 7.11 Å². The average molecular weight is 292 g/mol. The van der Waals surface area contributed by atoms with E-state index in [9.17, 15) is 4.79 Å². The van der Waals surface area contributed by atoms with Crippen LogP contribution in [0, 0.1) is 6.92 Å². The van der Waals surface area contributed by atoms with Crippen LogP contribution in [0.3, 0.4) is 0 Å². The van der Waals surface area contributed by atoms with Crippen LogP contribution in [-0.4, -0.2) is 22.6 Å². The van der Waals surface area contributed by atoms with Crippen LogP contribution in [0.1, 0.15) is 16.1 Å². The van der Waals surface area contributed by atoms with Crippen LogP contribution < -0.4 is 0 Å². The minimum atomic E-state index is -0.441. The van der Waals surface area contributed by atoms with Crippen molar-refractivity contribution < 1.29 is 9.53 Å². The minimum Gasteiger partial charge on any atom is -0.464 e. The summed E-state index contributed by atoms with van der Waals surface area (Å²) in [4.78, 5) is 16.3. The van der Waals surface area contributed by atoms with Crippen molar-refractivity contribution in [2.45, 2.75) is 6.92 Å². The van der Waals surface area contributed by atoms with Crippen LogP contribution in [-0.2, 0) is 4.74 Å². The number of carbonyl (C=O) groups excluding carboxylic acids is 1. The molecule has 0 N–H and O–H groups in total. The summed E-state index contributed by atoms with van der Waals surface area (Å²) in [7, 11) is 1.36. The standard InChI is InChI=1S/C18H16N2O2/c1-13-7-6-10-15(11-13)20-12-16(18(21)22-2)19-17(20)14-8-4-3-5-9-14/h3-12H,1-2H3. The van der Waals surface area contributed by atoms with E-state index in [0.29, 0.717) is 11.5 Å². The topological polar surface area (TPSA) is 44.1 Å². The summed E-state index contributed by atoms with van der Waals surface area (Å²) in [6.07, 6.45) is 1.71. The monoisotopic (exact) mass is 292 g/mol. The molecule has 0 atom stereocenters. The number of benzene rings is 2. The van der Waals surface area contributed by atoms with Crippen molar-refractivity contribution in [3.8, 4) is 17.1 Å². The molecule has 2 aromatic carbocycles. The molecule has 4 heteroatoms. The van der Waals surface area contributed by atoms with Gasteiger partial charge in [-0.05, 0) is 24.6 Å². The Morgan fingerprint density at radius 3 is 2.55 bits per heavy atom. The summed E-state index contributed by atoms with van der Waals surface area (Å²) < 4.78 is 6.70. The summed E-state index contributed by atoms with van der Waals surface area (Å²) in [6.45, 7) is 2.03. The van der Waals surface area contributed by atoms with Crippen molar-refractivity contribution in [3.63, 3.8) is 0 Å². The van der Waals surface area contributed by atoms with Gasteiger partial charge in [0.2, 0.25) is 0 Å². The van der Waals surface area contributed by atoms with Gasteiger partial charge in [0.25, 0.3) is 0 Å². The number of carbonyl (C=O) groups is 1. The van der Waals surface area contributed by atoms with Gasteiger partial charge >= 0.3 is 5.97 Å². The number of methoxy groups -OCH3 is 1. The number of hydrogen-bond acceptors (Lipinski definition) is 3. The summed E-state index contributed by atoms with van der Waals surface area (Å²) >= 11 is 0. The Kier molecular flexibility index (Phi) is 3.74. The van der Waals surface area contributed by atoms with Gasteiger partial charge in [-0.25, -0.2) is 9.78 Å². The highest BCUT2D eigenvalue weighted by Crippen LogP contribution is 2.23. The first-order chi connectivity index (χ1) is 10.7. The third-order valence-electron chi connectivity index (χ3n) is 3.41. The molecule has 0 aliphatic rings. The molecule has 0 unspecified atom stereocenters. The molecule has 110 valence electrons. The Balaban J connectivity index is 2.19. The normalized spacial score (nSPS) is 10.5. The van der Waals surface area contributed by atoms with E-state index in [2.05, 4.69) is 11.1 Å². The average Bonchev–Trinajstić information content (AvgIpc) is 3.00. The predicted octanol–water partition coefficient (Wildman–Crippen LogP) is 3.63. The van der Waals surface area contributed by atoms with E-state index in [1.807, 2.05) is 60.0 Å². The molecule has 0 spiro atoms. The molecule has 1 heterocycles. The van der Waals surface area contributed by atoms with Gasteiger partial charge in [0.1, 0.15) is 5.82 Å². The molecule has 4 nitrogen and oxygen atoms in total. The van der Waals surface area contributed by atoms with Crippen LogP contribution in [0.15, 0.2) is 60.8 Å². The lowest BCUT2D eigenvalue weighted by molar-refractivity contribution is 0.0594. The second-order valence-electron chi connectivity index (χ2n) is 5.02. The van der Waals surface area contributed by atoms with E-state index in [4.69, 9.17) is 4.74 Å². The zero-order valence-electron chi connectivity index (χ0n) is 12.5. The first-order valence-corrected chi connectivity index (χ1v) is 6.99. The fourth-order valence-electron chi connectivity index (χ4n) is 2.35. The summed E-state index contributed by atoms with van der Waals surface area (Å²) in [5.41, 5.74) is 3.34. The van der Waals surface area contributed by atoms with Crippen molar-refractivity contribution in [1.29, 1.82) is 0 Å². The fourth-order valence-corrected chi connectivity index (χ4v) is 2.35. The van der Waals surface area contributed by atoms with Crippen LogP contribution in [0.5, 0.6) is 0 Å². The van der Waals surface area contributed by atoms with Gasteiger partial charge in [0.15, 0.2) is 5.69 Å². The van der Waals surface area contributed by atoms with E-state index in [1.54, 1.807) is 6.20 Å². The number of nitrogens with zero attached hydrogens (tertiary/aromatic N) is 2. The maximum Gasteiger partial charge on any atom is 0.358 e. The lowest BCUT2D eigenvalue weighted by Crippen LogP contribution is -2.01. The highest BCUT2D eigenvalue weighted by molar-refractivity contribution is 5.88. The Bertz CT molecular complexity index is 807. The third-order valence-corrected chi connectivity index (χ3v) is 3.41. The lowest BCUT2D eigenvalue weighted by Gasteiger charge is -2.08. The SMILES string of the molecule is COC(=O)c1cn(-c2cccc(C)c2)c(-c2ccccc2)n1. The van der Waals surface area contributed by atoms with Gasteiger partial charge in [0.05, 0.1) is 7.11 Å². The number of esters is 1. The summed E-state index contributed by atoms with van der Waals surface area (Å²) in [5.74, 6) is 0.273. The second-order valence-corrected chi connectivity index (χ2v) is 5.02. The Labute approximate surface area is 129 Å². The van der Waals surface area contributed by atoms with Crippen molar-refractivity contribution in [3.05, 3.63) is 72.1 Å². The summed E-state index contributed by atoms with van der Waals surface area (Å²) in [5, 5.41) is 0. The predicted molar refractivity (Wildman–Crippen MR) is 85.1 cm³/mol. The molecule has 3 rings (SSSR count). The number of aromatic nitrogens is 2. The molecular formula is C18H16N2O2. The van der Waals surface area contributed by atoms with E-state index in [-0.39, 0.29) is 0 Å². The van der Waals surface area contributed by atoms with Crippen molar-refractivity contribution in [2.75, 3.05) is 7.11 Å². The molecule has 0 aliphatic heterocycles. The molecule has 0 saturated carbocycles. The zero-order valence-corrected chi connectivity index (χ0v) is 12.5. The van der Waals surface area contributed by atoms with Crippen LogP contribution in [0.2, 0.25) is 0 Å². The molecule has 1 aromatic heterocycles. The molecule has 0 bridgehead atoms. The molecule has 0 fully saturated rings. The maximum absolute atomic E-state index is 11.8. The largest absolute Gasteiger partial charge is 0.464 e. The highest BCUT2D eigenvalue weighted by atomic mass is 16.5. The Morgan fingerprint density at radius 2 is 1.86 bits per heavy atom. The van der Waals surface area contributed by atoms with Gasteiger partial charge in [-0.1, -0.05) is 42.5 Å². The van der Waals surface area contributed by atoms with Crippen LogP contribution >= 0.6 is 0 Å². The van der Waals surface area contributed by atoms with Gasteiger partial charge in [-0.3, -0.25) is 4.57 Å². The van der Waals surface area contributed by atoms with Gasteiger partial charge in [-0.15, -0.1) is 0 Å². The number of ether oxygens (including phenoxy) is 1. The van der Waals surface area contributed by atoms with E-state index >= 15 is 0 Å². The number of rotatable bonds is 3. The lowest BCUT2D eigenvalue weighted by atomic mass is 10.2. The summed E-state index contributed by atoms with van der Waals surface area (Å²) in [6, 6.07) is 17.8. The molecule has 22 heavy (non-hydrogen) atoms. The number of aryl methyl sites for hydroxylation is 1. The molecule has 3 aromatic rings.